The lowest BCUT2D eigenvalue weighted by Crippen LogP contribution is -2.69. The lowest BCUT2D eigenvalue weighted by atomic mass is 9.64. The molecule has 7 heteroatoms. The third-order valence-corrected chi connectivity index (χ3v) is 6.50. The van der Waals surface area contributed by atoms with Crippen LogP contribution in [0.25, 0.3) is 0 Å². The van der Waals surface area contributed by atoms with Crippen LogP contribution < -0.4 is 9.47 Å². The van der Waals surface area contributed by atoms with Gasteiger partial charge in [-0.05, 0) is 62.4 Å². The molecule has 2 aromatic rings. The Bertz CT molecular complexity index is 950. The number of carbonyl (C=O) groups excluding carboxylic acids is 3. The van der Waals surface area contributed by atoms with Crippen LogP contribution in [-0.4, -0.2) is 67.8 Å². The minimum atomic E-state index is -0.824. The molecule has 2 bridgehead atoms. The van der Waals surface area contributed by atoms with Crippen LogP contribution in [0.2, 0.25) is 0 Å². The van der Waals surface area contributed by atoms with Crippen LogP contribution in [0.1, 0.15) is 34.6 Å². The van der Waals surface area contributed by atoms with E-state index in [9.17, 15) is 14.4 Å². The number of piperidine rings is 2. The van der Waals surface area contributed by atoms with Gasteiger partial charge in [0.15, 0.2) is 5.78 Å². The monoisotopic (exact) mass is 436 g/mol. The van der Waals surface area contributed by atoms with Crippen LogP contribution >= 0.6 is 0 Å². The van der Waals surface area contributed by atoms with E-state index in [1.807, 2.05) is 13.8 Å². The van der Waals surface area contributed by atoms with Crippen LogP contribution in [0.5, 0.6) is 11.5 Å². The maximum atomic E-state index is 13.3. The maximum Gasteiger partial charge on any atom is 0.253 e. The summed E-state index contributed by atoms with van der Waals surface area (Å²) >= 11 is 0. The summed E-state index contributed by atoms with van der Waals surface area (Å²) in [6.07, 6.45) is 0. The second-order valence-corrected chi connectivity index (χ2v) is 9.23. The van der Waals surface area contributed by atoms with Gasteiger partial charge in [-0.2, -0.15) is 0 Å². The third kappa shape index (κ3) is 3.72. The summed E-state index contributed by atoms with van der Waals surface area (Å²) in [5, 5.41) is 0. The van der Waals surface area contributed by atoms with E-state index in [0.29, 0.717) is 22.6 Å². The Kier molecular flexibility index (Phi) is 5.44. The van der Waals surface area contributed by atoms with Gasteiger partial charge in [-0.15, -0.1) is 0 Å². The SMILES string of the molecule is COc1ccc(C(=O)N2CC3(C)CN(C(=O)c4ccc(OC)cc4)CC(C)(C2)C3=O)cc1. The van der Waals surface area contributed by atoms with E-state index in [0.717, 1.165) is 0 Å². The lowest BCUT2D eigenvalue weighted by molar-refractivity contribution is -0.153. The van der Waals surface area contributed by atoms with Crippen molar-refractivity contribution in [1.82, 2.24) is 9.80 Å². The van der Waals surface area contributed by atoms with Crippen LogP contribution in [0.15, 0.2) is 48.5 Å². The summed E-state index contributed by atoms with van der Waals surface area (Å²) in [5.74, 6) is 1.24. The molecule has 0 saturated carbocycles. The molecule has 0 unspecified atom stereocenters. The zero-order valence-electron chi connectivity index (χ0n) is 18.9. The van der Waals surface area contributed by atoms with E-state index < -0.39 is 10.8 Å². The average Bonchev–Trinajstić information content (AvgIpc) is 2.80. The number of hydrogen-bond donors (Lipinski definition) is 0. The van der Waals surface area contributed by atoms with E-state index >= 15 is 0 Å². The zero-order valence-corrected chi connectivity index (χ0v) is 18.9. The predicted molar refractivity (Wildman–Crippen MR) is 119 cm³/mol. The molecule has 0 aliphatic carbocycles. The van der Waals surface area contributed by atoms with Gasteiger partial charge in [0.25, 0.3) is 11.8 Å². The van der Waals surface area contributed by atoms with Crippen molar-refractivity contribution in [2.24, 2.45) is 10.8 Å². The summed E-state index contributed by atoms with van der Waals surface area (Å²) in [6, 6.07) is 13.9. The molecule has 2 saturated heterocycles. The van der Waals surface area contributed by atoms with Crippen LogP contribution in [0.4, 0.5) is 0 Å². The first-order chi connectivity index (χ1) is 15.2. The molecule has 2 aliphatic heterocycles. The number of rotatable bonds is 4. The van der Waals surface area contributed by atoms with Crippen LogP contribution in [0, 0.1) is 10.8 Å². The average molecular weight is 437 g/mol. The van der Waals surface area contributed by atoms with Crippen molar-refractivity contribution in [3.8, 4) is 11.5 Å². The van der Waals surface area contributed by atoms with Crippen LogP contribution in [-0.2, 0) is 4.79 Å². The standard InChI is InChI=1S/C25H28N2O5/c1-24-13-26(21(28)17-5-9-19(31-3)10-6-17)15-25(2,23(24)30)16-27(14-24)22(29)18-7-11-20(32-4)12-8-18/h5-12H,13-16H2,1-4H3. The second-order valence-electron chi connectivity index (χ2n) is 9.23. The smallest absolute Gasteiger partial charge is 0.253 e. The van der Waals surface area contributed by atoms with Crippen molar-refractivity contribution >= 4 is 17.6 Å². The first-order valence-electron chi connectivity index (χ1n) is 10.6. The van der Waals surface area contributed by atoms with Crippen molar-refractivity contribution in [1.29, 1.82) is 0 Å². The number of benzene rings is 2. The number of ether oxygens (including phenoxy) is 2. The molecule has 2 aliphatic rings. The predicted octanol–water partition coefficient (Wildman–Crippen LogP) is 2.90. The molecule has 0 radical (unpaired) electrons. The number of likely N-dealkylation sites (tertiary alicyclic amines) is 2. The molecule has 32 heavy (non-hydrogen) atoms. The van der Waals surface area contributed by atoms with Crippen molar-refractivity contribution in [3.63, 3.8) is 0 Å². The van der Waals surface area contributed by atoms with Gasteiger partial charge in [0.1, 0.15) is 11.5 Å². The van der Waals surface area contributed by atoms with Gasteiger partial charge in [-0.25, -0.2) is 0 Å². The number of methoxy groups -OCH3 is 2. The molecule has 2 fully saturated rings. The Labute approximate surface area is 187 Å². The van der Waals surface area contributed by atoms with Crippen molar-refractivity contribution in [3.05, 3.63) is 59.7 Å². The van der Waals surface area contributed by atoms with Gasteiger partial charge in [0.2, 0.25) is 0 Å². The fraction of sp³-hybridized carbons (Fsp3) is 0.400. The first kappa shape index (κ1) is 21.9. The minimum Gasteiger partial charge on any atom is -0.497 e. The van der Waals surface area contributed by atoms with E-state index in [4.69, 9.17) is 9.47 Å². The van der Waals surface area contributed by atoms with Crippen molar-refractivity contribution in [2.45, 2.75) is 13.8 Å². The molecular formula is C25H28N2O5. The number of Topliss-reactive ketones (excluding diaryl/α,β-unsaturated/α-hetero) is 1. The van der Waals surface area contributed by atoms with Crippen molar-refractivity contribution in [2.75, 3.05) is 40.4 Å². The molecular weight excluding hydrogens is 408 g/mol. The number of hydrogen-bond acceptors (Lipinski definition) is 5. The topological polar surface area (TPSA) is 76.2 Å². The third-order valence-electron chi connectivity index (χ3n) is 6.50. The normalized spacial score (nSPS) is 24.8. The Balaban J connectivity index is 1.56. The number of nitrogens with zero attached hydrogens (tertiary/aromatic N) is 2. The maximum absolute atomic E-state index is 13.3. The Morgan fingerprint density at radius 1 is 0.688 bits per heavy atom. The molecule has 0 spiro atoms. The molecule has 2 heterocycles. The van der Waals surface area contributed by atoms with E-state index in [1.54, 1.807) is 72.6 Å². The van der Waals surface area contributed by atoms with E-state index in [2.05, 4.69) is 0 Å². The highest BCUT2D eigenvalue weighted by molar-refractivity contribution is 6.01. The second kappa shape index (κ2) is 7.97. The van der Waals surface area contributed by atoms with Gasteiger partial charge < -0.3 is 19.3 Å². The fourth-order valence-electron chi connectivity index (χ4n) is 5.03. The summed E-state index contributed by atoms with van der Waals surface area (Å²) < 4.78 is 10.3. The highest BCUT2D eigenvalue weighted by atomic mass is 16.5. The number of fused-ring (bicyclic) bond motifs is 2. The number of carbonyl (C=O) groups is 3. The number of amides is 2. The molecule has 2 amide bonds. The molecule has 7 nitrogen and oxygen atoms in total. The first-order valence-corrected chi connectivity index (χ1v) is 10.6. The molecule has 2 aromatic carbocycles. The van der Waals surface area contributed by atoms with E-state index in [-0.39, 0.29) is 43.8 Å². The minimum absolute atomic E-state index is 0.113. The Morgan fingerprint density at radius 2 is 1.00 bits per heavy atom. The van der Waals surface area contributed by atoms with Gasteiger partial charge in [-0.1, -0.05) is 0 Å². The Morgan fingerprint density at radius 3 is 1.28 bits per heavy atom. The Hall–Kier alpha value is -3.35. The lowest BCUT2D eigenvalue weighted by Gasteiger charge is -2.55. The van der Waals surface area contributed by atoms with Crippen LogP contribution in [0.3, 0.4) is 0 Å². The summed E-state index contributed by atoms with van der Waals surface area (Å²) in [7, 11) is 3.16. The number of ketones is 1. The van der Waals surface area contributed by atoms with Gasteiger partial charge in [-0.3, -0.25) is 14.4 Å². The van der Waals surface area contributed by atoms with E-state index in [1.165, 1.54) is 0 Å². The highest BCUT2D eigenvalue weighted by Gasteiger charge is 2.57. The largest absolute Gasteiger partial charge is 0.497 e. The quantitative estimate of drug-likeness (QED) is 0.737. The molecule has 0 aromatic heterocycles. The summed E-state index contributed by atoms with van der Waals surface area (Å²) in [4.78, 5) is 43.2. The van der Waals surface area contributed by atoms with Gasteiger partial charge in [0, 0.05) is 37.3 Å². The van der Waals surface area contributed by atoms with Gasteiger partial charge in [0.05, 0.1) is 25.0 Å². The summed E-state index contributed by atoms with van der Waals surface area (Å²) in [5.41, 5.74) is -0.543. The van der Waals surface area contributed by atoms with Gasteiger partial charge >= 0.3 is 0 Å². The fourth-order valence-corrected chi connectivity index (χ4v) is 5.03. The van der Waals surface area contributed by atoms with Crippen molar-refractivity contribution < 1.29 is 23.9 Å². The molecule has 168 valence electrons. The summed E-state index contributed by atoms with van der Waals surface area (Å²) in [6.45, 7) is 4.82. The molecule has 0 atom stereocenters. The zero-order chi connectivity index (χ0) is 23.1. The highest BCUT2D eigenvalue weighted by Crippen LogP contribution is 2.43. The molecule has 0 N–H and O–H groups in total. The molecule has 4 rings (SSSR count).